The zero-order valence-electron chi connectivity index (χ0n) is 9.90. The lowest BCUT2D eigenvalue weighted by atomic mass is 10.2. The lowest BCUT2D eigenvalue weighted by Gasteiger charge is -2.22. The van der Waals surface area contributed by atoms with Crippen LogP contribution in [0.3, 0.4) is 0 Å². The third kappa shape index (κ3) is 2.76. The number of pyridine rings is 1. The number of nitrogen functional groups attached to an aromatic ring is 1. The molecule has 0 saturated carbocycles. The second kappa shape index (κ2) is 5.59. The van der Waals surface area contributed by atoms with Crippen molar-refractivity contribution < 1.29 is 0 Å². The van der Waals surface area contributed by atoms with Gasteiger partial charge in [-0.1, -0.05) is 29.8 Å². The smallest absolute Gasteiger partial charge is 0.0776 e. The van der Waals surface area contributed by atoms with Crippen LogP contribution in [-0.4, -0.2) is 12.0 Å². The fourth-order valence-corrected chi connectivity index (χ4v) is 2.65. The third-order valence-corrected chi connectivity index (χ3v) is 3.60. The minimum absolute atomic E-state index is 0.638. The van der Waals surface area contributed by atoms with Crippen molar-refractivity contribution in [3.05, 3.63) is 51.7 Å². The molecular weight excluding hydrogens is 314 g/mol. The van der Waals surface area contributed by atoms with Crippen LogP contribution in [0.5, 0.6) is 0 Å². The van der Waals surface area contributed by atoms with E-state index in [1.165, 1.54) is 0 Å². The molecule has 1 aromatic carbocycles. The Kier molecular flexibility index (Phi) is 4.09. The molecule has 1 heterocycles. The molecule has 0 radical (unpaired) electrons. The van der Waals surface area contributed by atoms with Crippen molar-refractivity contribution in [3.63, 3.8) is 0 Å². The van der Waals surface area contributed by atoms with Gasteiger partial charge in [-0.05, 0) is 27.6 Å². The molecule has 0 spiro atoms. The Labute approximate surface area is 120 Å². The predicted molar refractivity (Wildman–Crippen MR) is 79.9 cm³/mol. The highest BCUT2D eigenvalue weighted by Gasteiger charge is 2.11. The lowest BCUT2D eigenvalue weighted by Crippen LogP contribution is -2.18. The number of aromatic nitrogens is 1. The van der Waals surface area contributed by atoms with E-state index in [4.69, 9.17) is 17.3 Å². The van der Waals surface area contributed by atoms with E-state index in [2.05, 4.69) is 20.9 Å². The summed E-state index contributed by atoms with van der Waals surface area (Å²) in [7, 11) is 1.97. The van der Waals surface area contributed by atoms with Crippen molar-refractivity contribution in [3.8, 4) is 0 Å². The lowest BCUT2D eigenvalue weighted by molar-refractivity contribution is 0.919. The van der Waals surface area contributed by atoms with Gasteiger partial charge >= 0.3 is 0 Å². The summed E-state index contributed by atoms with van der Waals surface area (Å²) in [5, 5.41) is 0.758. The Bertz CT molecular complexity index is 539. The van der Waals surface area contributed by atoms with Crippen LogP contribution < -0.4 is 10.6 Å². The van der Waals surface area contributed by atoms with E-state index in [9.17, 15) is 0 Å². The molecule has 5 heteroatoms. The summed E-state index contributed by atoms with van der Waals surface area (Å²) < 4.78 is 0.872. The summed E-state index contributed by atoms with van der Waals surface area (Å²) in [4.78, 5) is 6.07. The van der Waals surface area contributed by atoms with Gasteiger partial charge in [-0.25, -0.2) is 0 Å². The van der Waals surface area contributed by atoms with E-state index in [1.54, 1.807) is 12.4 Å². The summed E-state index contributed by atoms with van der Waals surface area (Å²) in [5.74, 6) is 0. The minimum Gasteiger partial charge on any atom is -0.396 e. The molecule has 0 unspecified atom stereocenters. The summed E-state index contributed by atoms with van der Waals surface area (Å²) in [6.45, 7) is 0.687. The highest BCUT2D eigenvalue weighted by Crippen LogP contribution is 2.31. The first-order valence-electron chi connectivity index (χ1n) is 5.43. The van der Waals surface area contributed by atoms with Crippen molar-refractivity contribution in [1.29, 1.82) is 0 Å². The zero-order chi connectivity index (χ0) is 13.1. The summed E-state index contributed by atoms with van der Waals surface area (Å²) in [5.41, 5.74) is 8.57. The molecule has 18 heavy (non-hydrogen) atoms. The molecule has 3 nitrogen and oxygen atoms in total. The average Bonchev–Trinajstić information content (AvgIpc) is 2.32. The molecule has 1 aromatic heterocycles. The van der Waals surface area contributed by atoms with Crippen LogP contribution in [0.4, 0.5) is 11.4 Å². The Hall–Kier alpha value is -1.26. The maximum absolute atomic E-state index is 6.15. The van der Waals surface area contributed by atoms with Crippen molar-refractivity contribution in [2.24, 2.45) is 0 Å². The van der Waals surface area contributed by atoms with Crippen LogP contribution in [0.2, 0.25) is 5.02 Å². The SMILES string of the molecule is CN(Cc1ccccc1Cl)c1c(N)cncc1Br. The van der Waals surface area contributed by atoms with E-state index in [0.717, 1.165) is 20.7 Å². The maximum Gasteiger partial charge on any atom is 0.0776 e. The van der Waals surface area contributed by atoms with Gasteiger partial charge in [0, 0.05) is 24.8 Å². The molecule has 94 valence electrons. The number of anilines is 2. The maximum atomic E-state index is 6.15. The second-order valence-corrected chi connectivity index (χ2v) is 5.27. The molecule has 2 aromatic rings. The highest BCUT2D eigenvalue weighted by molar-refractivity contribution is 9.10. The number of benzene rings is 1. The van der Waals surface area contributed by atoms with E-state index < -0.39 is 0 Å². The predicted octanol–water partition coefficient (Wildman–Crippen LogP) is 3.72. The van der Waals surface area contributed by atoms with Crippen molar-refractivity contribution in [2.45, 2.75) is 6.54 Å². The molecule has 2 rings (SSSR count). The first-order chi connectivity index (χ1) is 8.59. The van der Waals surface area contributed by atoms with Gasteiger partial charge in [0.05, 0.1) is 22.0 Å². The van der Waals surface area contributed by atoms with Crippen LogP contribution in [0, 0.1) is 0 Å². The molecule has 0 bridgehead atoms. The Morgan fingerprint density at radius 1 is 1.33 bits per heavy atom. The number of nitrogens with two attached hydrogens (primary N) is 1. The van der Waals surface area contributed by atoms with Gasteiger partial charge in [0.2, 0.25) is 0 Å². The molecule has 0 fully saturated rings. The Balaban J connectivity index is 2.28. The zero-order valence-corrected chi connectivity index (χ0v) is 12.2. The highest BCUT2D eigenvalue weighted by atomic mass is 79.9. The fourth-order valence-electron chi connectivity index (χ4n) is 1.81. The largest absolute Gasteiger partial charge is 0.396 e. The van der Waals surface area contributed by atoms with Crippen LogP contribution in [0.15, 0.2) is 41.1 Å². The minimum atomic E-state index is 0.638. The van der Waals surface area contributed by atoms with Gasteiger partial charge in [-0.2, -0.15) is 0 Å². The molecule has 2 N–H and O–H groups in total. The summed E-state index contributed by atoms with van der Waals surface area (Å²) >= 11 is 9.62. The first-order valence-corrected chi connectivity index (χ1v) is 6.60. The molecule has 0 aliphatic heterocycles. The van der Waals surface area contributed by atoms with Gasteiger partial charge in [0.15, 0.2) is 0 Å². The second-order valence-electron chi connectivity index (χ2n) is 4.01. The van der Waals surface area contributed by atoms with Crippen LogP contribution >= 0.6 is 27.5 Å². The van der Waals surface area contributed by atoms with E-state index in [-0.39, 0.29) is 0 Å². The molecule has 0 saturated heterocycles. The van der Waals surface area contributed by atoms with Gasteiger partial charge in [0.25, 0.3) is 0 Å². The topological polar surface area (TPSA) is 42.1 Å². The molecule has 0 amide bonds. The molecule has 0 aliphatic carbocycles. The van der Waals surface area contributed by atoms with Crippen LogP contribution in [0.1, 0.15) is 5.56 Å². The monoisotopic (exact) mass is 325 g/mol. The molecule has 0 aliphatic rings. The van der Waals surface area contributed by atoms with Gasteiger partial charge in [-0.3, -0.25) is 4.98 Å². The van der Waals surface area contributed by atoms with E-state index in [1.807, 2.05) is 36.2 Å². The number of halogens is 2. The number of hydrogen-bond donors (Lipinski definition) is 1. The van der Waals surface area contributed by atoms with Gasteiger partial charge < -0.3 is 10.6 Å². The number of rotatable bonds is 3. The number of nitrogens with zero attached hydrogens (tertiary/aromatic N) is 2. The Morgan fingerprint density at radius 3 is 2.72 bits per heavy atom. The van der Waals surface area contributed by atoms with Crippen LogP contribution in [-0.2, 0) is 6.54 Å². The van der Waals surface area contributed by atoms with Crippen molar-refractivity contribution >= 4 is 38.9 Å². The normalized spacial score (nSPS) is 10.4. The average molecular weight is 327 g/mol. The summed E-state index contributed by atoms with van der Waals surface area (Å²) in [6.07, 6.45) is 3.37. The molecule has 0 atom stereocenters. The summed E-state index contributed by atoms with van der Waals surface area (Å²) in [6, 6.07) is 7.78. The van der Waals surface area contributed by atoms with E-state index >= 15 is 0 Å². The Morgan fingerprint density at radius 2 is 2.06 bits per heavy atom. The fraction of sp³-hybridized carbons (Fsp3) is 0.154. The first kappa shape index (κ1) is 13.2. The third-order valence-electron chi connectivity index (χ3n) is 2.65. The van der Waals surface area contributed by atoms with Crippen molar-refractivity contribution in [2.75, 3.05) is 17.7 Å². The van der Waals surface area contributed by atoms with Crippen molar-refractivity contribution in [1.82, 2.24) is 4.98 Å². The molecular formula is C13H13BrClN3. The standard InChI is InChI=1S/C13H13BrClN3/c1-18(8-9-4-2-3-5-11(9)15)13-10(14)6-17-7-12(13)16/h2-7H,8,16H2,1H3. The van der Waals surface area contributed by atoms with E-state index in [0.29, 0.717) is 12.2 Å². The number of hydrogen-bond acceptors (Lipinski definition) is 3. The van der Waals surface area contributed by atoms with Gasteiger partial charge in [0.1, 0.15) is 0 Å². The quantitative estimate of drug-likeness (QED) is 0.935. The van der Waals surface area contributed by atoms with Crippen LogP contribution in [0.25, 0.3) is 0 Å². The van der Waals surface area contributed by atoms with Gasteiger partial charge in [-0.15, -0.1) is 0 Å².